The van der Waals surface area contributed by atoms with Crippen molar-refractivity contribution in [3.63, 3.8) is 0 Å². The maximum absolute atomic E-state index is 12.7. The highest BCUT2D eigenvalue weighted by Crippen LogP contribution is 2.43. The number of quaternary nitrogens is 1. The fraction of sp³-hybridized carbons (Fsp3) is 0.696. The molecule has 0 rings (SSSR count). The van der Waals surface area contributed by atoms with Gasteiger partial charge >= 0.3 is 19.8 Å². The lowest BCUT2D eigenvalue weighted by molar-refractivity contribution is -0.870. The lowest BCUT2D eigenvalue weighted by Gasteiger charge is -2.24. The Bertz CT molecular complexity index is 1290. The second-order valence-electron chi connectivity index (χ2n) is 15.9. The van der Waals surface area contributed by atoms with Crippen LogP contribution >= 0.6 is 7.82 Å². The zero-order valence-electron chi connectivity index (χ0n) is 37.0. The minimum Gasteiger partial charge on any atom is -0.462 e. The molecule has 13 heteroatoms. The summed E-state index contributed by atoms with van der Waals surface area (Å²) in [5.41, 5.74) is 0. The Morgan fingerprint density at radius 2 is 1.22 bits per heavy atom. The van der Waals surface area contributed by atoms with E-state index in [2.05, 4.69) is 38.2 Å². The fourth-order valence-electron chi connectivity index (χ4n) is 5.43. The van der Waals surface area contributed by atoms with Crippen molar-refractivity contribution in [2.24, 2.45) is 0 Å². The minimum absolute atomic E-state index is 0.0302. The van der Waals surface area contributed by atoms with Crippen LogP contribution in [-0.4, -0.2) is 109 Å². The first-order valence-electron chi connectivity index (χ1n) is 22.0. The van der Waals surface area contributed by atoms with Gasteiger partial charge in [-0.25, -0.2) is 4.57 Å². The molecule has 0 amide bonds. The number of likely N-dealkylation sites (N-methyl/N-ethyl adjacent to an activating group) is 1. The molecule has 0 radical (unpaired) electrons. The first-order valence-corrected chi connectivity index (χ1v) is 23.5. The third-order valence-corrected chi connectivity index (χ3v) is 10.1. The average molecular weight is 855 g/mol. The first kappa shape index (κ1) is 56.3. The van der Waals surface area contributed by atoms with Crippen molar-refractivity contribution in [1.29, 1.82) is 0 Å². The molecule has 0 heterocycles. The summed E-state index contributed by atoms with van der Waals surface area (Å²) in [4.78, 5) is 35.4. The highest BCUT2D eigenvalue weighted by molar-refractivity contribution is 7.47. The van der Waals surface area contributed by atoms with Crippen molar-refractivity contribution < 1.29 is 57.4 Å². The third kappa shape index (κ3) is 39.2. The number of aliphatic hydroxyl groups excluding tert-OH is 3. The second-order valence-corrected chi connectivity index (χ2v) is 17.4. The molecule has 0 bridgehead atoms. The molecule has 5 atom stereocenters. The number of aliphatic hydroxyl groups is 3. The highest BCUT2D eigenvalue weighted by atomic mass is 31.2. The van der Waals surface area contributed by atoms with Gasteiger partial charge in [0.05, 0.1) is 46.1 Å². The Kier molecular flexibility index (Phi) is 35.4. The highest BCUT2D eigenvalue weighted by Gasteiger charge is 2.27. The molecule has 0 aliphatic carbocycles. The number of nitrogens with zero attached hydrogens (tertiary/aromatic N) is 1. The number of phosphoric acid groups is 1. The van der Waals surface area contributed by atoms with E-state index in [0.29, 0.717) is 17.4 Å². The topological polar surface area (TPSA) is 169 Å². The number of esters is 2. The Morgan fingerprint density at radius 1 is 0.644 bits per heavy atom. The van der Waals surface area contributed by atoms with E-state index in [1.54, 1.807) is 42.5 Å². The predicted octanol–water partition coefficient (Wildman–Crippen LogP) is 9.15. The summed E-state index contributed by atoms with van der Waals surface area (Å²) in [5, 5.41) is 30.5. The molecule has 0 aromatic heterocycles. The van der Waals surface area contributed by atoms with Crippen LogP contribution < -0.4 is 0 Å². The number of allylic oxidation sites excluding steroid dienone is 10. The molecule has 0 saturated heterocycles. The van der Waals surface area contributed by atoms with E-state index in [9.17, 15) is 34.4 Å². The van der Waals surface area contributed by atoms with Crippen LogP contribution in [0, 0.1) is 0 Å². The number of rotatable bonds is 38. The van der Waals surface area contributed by atoms with Gasteiger partial charge in [0.2, 0.25) is 0 Å². The zero-order valence-corrected chi connectivity index (χ0v) is 37.9. The first-order chi connectivity index (χ1) is 28.2. The molecular weight excluding hydrogens is 773 g/mol. The monoisotopic (exact) mass is 855 g/mol. The van der Waals surface area contributed by atoms with Gasteiger partial charge in [-0.15, -0.1) is 0 Å². The van der Waals surface area contributed by atoms with Crippen molar-refractivity contribution in [2.45, 2.75) is 160 Å². The molecule has 0 aromatic carbocycles. The van der Waals surface area contributed by atoms with Gasteiger partial charge in [0, 0.05) is 12.8 Å². The summed E-state index contributed by atoms with van der Waals surface area (Å²) in [6.07, 6.45) is 34.6. The van der Waals surface area contributed by atoms with Crippen LogP contribution in [0.5, 0.6) is 0 Å². The van der Waals surface area contributed by atoms with Gasteiger partial charge in [-0.2, -0.15) is 0 Å². The third-order valence-electron chi connectivity index (χ3n) is 9.08. The van der Waals surface area contributed by atoms with E-state index < -0.39 is 57.4 Å². The van der Waals surface area contributed by atoms with Crippen molar-refractivity contribution in [3.8, 4) is 0 Å². The summed E-state index contributed by atoms with van der Waals surface area (Å²) in [6.45, 7) is 3.85. The lowest BCUT2D eigenvalue weighted by atomic mass is 10.1. The number of carbonyl (C=O) groups is 2. The van der Waals surface area contributed by atoms with E-state index >= 15 is 0 Å². The normalized spacial score (nSPS) is 15.9. The van der Waals surface area contributed by atoms with Gasteiger partial charge in [0.15, 0.2) is 6.10 Å². The lowest BCUT2D eigenvalue weighted by Crippen LogP contribution is -2.37. The van der Waals surface area contributed by atoms with Gasteiger partial charge in [0.1, 0.15) is 19.8 Å². The predicted molar refractivity (Wildman–Crippen MR) is 237 cm³/mol. The van der Waals surface area contributed by atoms with Crippen LogP contribution in [0.4, 0.5) is 0 Å². The molecule has 0 saturated carbocycles. The minimum atomic E-state index is -4.47. The van der Waals surface area contributed by atoms with Crippen LogP contribution in [0.25, 0.3) is 0 Å². The van der Waals surface area contributed by atoms with Crippen LogP contribution in [0.2, 0.25) is 0 Å². The van der Waals surface area contributed by atoms with Crippen molar-refractivity contribution in [3.05, 3.63) is 72.9 Å². The Hall–Kier alpha value is -2.67. The molecular formula is C46H81NO11P+. The molecule has 0 aliphatic heterocycles. The number of phosphoric ester groups is 1. The molecule has 59 heavy (non-hydrogen) atoms. The van der Waals surface area contributed by atoms with Crippen LogP contribution in [-0.2, 0) is 32.7 Å². The summed E-state index contributed by atoms with van der Waals surface area (Å²) < 4.78 is 34.0. The van der Waals surface area contributed by atoms with Crippen LogP contribution in [0.15, 0.2) is 72.9 Å². The summed E-state index contributed by atoms with van der Waals surface area (Å²) in [5.74, 6) is -1.15. The molecule has 4 N–H and O–H groups in total. The molecule has 12 nitrogen and oxygen atoms in total. The van der Waals surface area contributed by atoms with Gasteiger partial charge in [-0.1, -0.05) is 138 Å². The molecule has 0 aliphatic rings. The maximum atomic E-state index is 12.7. The second kappa shape index (κ2) is 37.1. The fourth-order valence-corrected chi connectivity index (χ4v) is 6.17. The molecule has 0 spiro atoms. The summed E-state index contributed by atoms with van der Waals surface area (Å²) >= 11 is 0. The SMILES string of the molecule is CCCCC/C=C\C/C=C\CCCCCCCC(=O)O[C@H](COC(=O)CCC[C@@H](O)[C@H](O)/C=C/C=C/C=C\C=C\[C@H](O)CCCCC)COP(=O)(O)OCC[N+](C)(C)C. The zero-order chi connectivity index (χ0) is 44.0. The van der Waals surface area contributed by atoms with Crippen LogP contribution in [0.1, 0.15) is 136 Å². The van der Waals surface area contributed by atoms with E-state index in [0.717, 1.165) is 70.6 Å². The number of unbranched alkanes of at least 4 members (excludes halogenated alkanes) is 10. The number of carbonyl (C=O) groups excluding carboxylic acids is 2. The smallest absolute Gasteiger partial charge is 0.462 e. The molecule has 340 valence electrons. The molecule has 0 fully saturated rings. The number of ether oxygens (including phenoxy) is 2. The van der Waals surface area contributed by atoms with Gasteiger partial charge in [0.25, 0.3) is 0 Å². The van der Waals surface area contributed by atoms with E-state index in [1.807, 2.05) is 21.1 Å². The van der Waals surface area contributed by atoms with Gasteiger partial charge in [-0.05, 0) is 57.8 Å². The largest absolute Gasteiger partial charge is 0.472 e. The standard InChI is InChI=1S/C46H80NO11P/c1-6-8-10-11-12-13-14-15-16-17-18-19-20-25-29-35-46(52)58-42(40-57-59(53,54)56-38-37-47(3,4)5)39-55-45(51)36-30-34-44(50)43(49)33-28-24-22-21-23-27-32-41(48)31-26-9-7-2/h12-13,15-16,21-24,27-28,32-33,41-44,48-50H,6-11,14,17-20,25-26,29-31,34-40H2,1-5H3/p+1/b13-12-,16-15-,23-21-,24-22+,32-27+,33-28+/t41-,42-,43-,44-/m1/s1. The van der Waals surface area contributed by atoms with E-state index in [1.165, 1.54) is 25.3 Å². The summed E-state index contributed by atoms with van der Waals surface area (Å²) in [6, 6.07) is 0. The molecule has 1 unspecified atom stereocenters. The van der Waals surface area contributed by atoms with Gasteiger partial charge < -0.3 is 34.2 Å². The number of hydrogen-bond acceptors (Lipinski definition) is 10. The van der Waals surface area contributed by atoms with E-state index in [-0.39, 0.29) is 32.3 Å². The molecule has 0 aromatic rings. The van der Waals surface area contributed by atoms with Crippen LogP contribution in [0.3, 0.4) is 0 Å². The average Bonchev–Trinajstić information content (AvgIpc) is 3.17. The maximum Gasteiger partial charge on any atom is 0.472 e. The van der Waals surface area contributed by atoms with E-state index in [4.69, 9.17) is 18.5 Å². The van der Waals surface area contributed by atoms with Crippen molar-refractivity contribution in [2.75, 3.05) is 47.5 Å². The Labute approximate surface area is 356 Å². The Morgan fingerprint density at radius 3 is 1.88 bits per heavy atom. The van der Waals surface area contributed by atoms with Crippen molar-refractivity contribution in [1.82, 2.24) is 0 Å². The number of hydrogen-bond donors (Lipinski definition) is 4. The summed E-state index contributed by atoms with van der Waals surface area (Å²) in [7, 11) is 1.27. The van der Waals surface area contributed by atoms with Gasteiger partial charge in [-0.3, -0.25) is 18.6 Å². The quantitative estimate of drug-likeness (QED) is 0.0117. The Balaban J connectivity index is 4.73. The van der Waals surface area contributed by atoms with Crippen molar-refractivity contribution >= 4 is 19.8 Å².